The molecule has 1 N–H and O–H groups in total. The van der Waals surface area contributed by atoms with Crippen molar-refractivity contribution in [2.75, 3.05) is 0 Å². The van der Waals surface area contributed by atoms with Crippen molar-refractivity contribution in [1.29, 1.82) is 0 Å². The van der Waals surface area contributed by atoms with Gasteiger partial charge in [0.2, 0.25) is 0 Å². The van der Waals surface area contributed by atoms with E-state index in [9.17, 15) is 0 Å². The summed E-state index contributed by atoms with van der Waals surface area (Å²) in [5.41, 5.74) is 0. The Kier molecular flexibility index (Phi) is 9.10. The minimum atomic E-state index is 0.683. The van der Waals surface area contributed by atoms with Crippen molar-refractivity contribution in [2.24, 2.45) is 0 Å². The molecule has 0 saturated carbocycles. The van der Waals surface area contributed by atoms with Crippen LogP contribution in [0.3, 0.4) is 0 Å². The Balaban J connectivity index is 2.29. The molecule has 0 aliphatic heterocycles. The zero-order valence-corrected chi connectivity index (χ0v) is 13.7. The smallest absolute Gasteiger partial charge is 0.107 e. The summed E-state index contributed by atoms with van der Waals surface area (Å²) in [6.45, 7) is 7.62. The van der Waals surface area contributed by atoms with Crippen LogP contribution in [0.25, 0.3) is 0 Å². The summed E-state index contributed by atoms with van der Waals surface area (Å²) >= 11 is 1.81. The fourth-order valence-electron chi connectivity index (χ4n) is 2.34. The van der Waals surface area contributed by atoms with Crippen molar-refractivity contribution in [3.8, 4) is 0 Å². The molecule has 0 aromatic carbocycles. The van der Waals surface area contributed by atoms with E-state index in [1.165, 1.54) is 61.3 Å². The highest BCUT2D eigenvalue weighted by Gasteiger charge is 2.08. The summed E-state index contributed by atoms with van der Waals surface area (Å²) in [6, 6.07) is 0.683. The van der Waals surface area contributed by atoms with E-state index in [1.54, 1.807) is 0 Å². The lowest BCUT2D eigenvalue weighted by Gasteiger charge is -2.18. The molecular formula is C16H30N2S. The van der Waals surface area contributed by atoms with Crippen LogP contribution in [0, 0.1) is 6.92 Å². The molecule has 3 heteroatoms. The van der Waals surface area contributed by atoms with Gasteiger partial charge in [-0.1, -0.05) is 52.4 Å². The molecule has 0 atom stereocenters. The Bertz CT molecular complexity index is 312. The van der Waals surface area contributed by atoms with Crippen LogP contribution in [0.1, 0.15) is 75.1 Å². The Labute approximate surface area is 123 Å². The third-order valence-corrected chi connectivity index (χ3v) is 4.44. The number of rotatable bonds is 11. The maximum atomic E-state index is 4.44. The van der Waals surface area contributed by atoms with Crippen molar-refractivity contribution in [3.63, 3.8) is 0 Å². The lowest BCUT2D eigenvalue weighted by molar-refractivity contribution is 0.417. The largest absolute Gasteiger partial charge is 0.308 e. The minimum Gasteiger partial charge on any atom is -0.308 e. The Hall–Kier alpha value is -0.410. The van der Waals surface area contributed by atoms with Gasteiger partial charge in [-0.25, -0.2) is 4.98 Å². The molecule has 0 fully saturated rings. The maximum absolute atomic E-state index is 4.44. The van der Waals surface area contributed by atoms with Crippen LogP contribution < -0.4 is 5.32 Å². The van der Waals surface area contributed by atoms with Crippen molar-refractivity contribution in [3.05, 3.63) is 16.1 Å². The number of hydrogen-bond donors (Lipinski definition) is 1. The van der Waals surface area contributed by atoms with Gasteiger partial charge in [0.25, 0.3) is 0 Å². The highest BCUT2D eigenvalue weighted by Crippen LogP contribution is 2.14. The van der Waals surface area contributed by atoms with E-state index in [0.29, 0.717) is 6.04 Å². The average Bonchev–Trinajstić information content (AvgIpc) is 2.81. The molecule has 0 aliphatic rings. The number of unbranched alkanes of at least 4 members (excludes halogenated alkanes) is 4. The van der Waals surface area contributed by atoms with Crippen molar-refractivity contribution in [2.45, 2.75) is 84.7 Å². The van der Waals surface area contributed by atoms with Crippen LogP contribution in [0.15, 0.2) is 6.20 Å². The highest BCUT2D eigenvalue weighted by atomic mass is 32.1. The first-order valence-corrected chi connectivity index (χ1v) is 8.72. The minimum absolute atomic E-state index is 0.683. The molecule has 0 radical (unpaired) electrons. The molecule has 110 valence electrons. The van der Waals surface area contributed by atoms with Crippen LogP contribution in [0.4, 0.5) is 0 Å². The van der Waals surface area contributed by atoms with E-state index in [4.69, 9.17) is 0 Å². The second-order valence-electron chi connectivity index (χ2n) is 5.43. The van der Waals surface area contributed by atoms with E-state index in [1.807, 2.05) is 17.5 Å². The van der Waals surface area contributed by atoms with E-state index < -0.39 is 0 Å². The summed E-state index contributed by atoms with van der Waals surface area (Å²) < 4.78 is 0. The van der Waals surface area contributed by atoms with Crippen molar-refractivity contribution < 1.29 is 0 Å². The quantitative estimate of drug-likeness (QED) is 0.573. The highest BCUT2D eigenvalue weighted by molar-refractivity contribution is 7.11. The first-order chi connectivity index (χ1) is 9.26. The van der Waals surface area contributed by atoms with Gasteiger partial charge in [-0.05, 0) is 19.8 Å². The van der Waals surface area contributed by atoms with Crippen LogP contribution in [-0.2, 0) is 6.54 Å². The summed E-state index contributed by atoms with van der Waals surface area (Å²) in [4.78, 5) is 5.75. The van der Waals surface area contributed by atoms with Crippen LogP contribution >= 0.6 is 11.3 Å². The Morgan fingerprint density at radius 2 is 1.74 bits per heavy atom. The lowest BCUT2D eigenvalue weighted by Crippen LogP contribution is -2.28. The van der Waals surface area contributed by atoms with Gasteiger partial charge >= 0.3 is 0 Å². The van der Waals surface area contributed by atoms with Gasteiger partial charge in [-0.3, -0.25) is 0 Å². The molecule has 2 nitrogen and oxygen atoms in total. The van der Waals surface area contributed by atoms with E-state index in [0.717, 1.165) is 6.54 Å². The molecule has 1 aromatic rings. The third kappa shape index (κ3) is 7.68. The van der Waals surface area contributed by atoms with Gasteiger partial charge in [0, 0.05) is 23.7 Å². The van der Waals surface area contributed by atoms with E-state index >= 15 is 0 Å². The summed E-state index contributed by atoms with van der Waals surface area (Å²) in [6.07, 6.45) is 12.7. The molecule has 0 aliphatic carbocycles. The maximum Gasteiger partial charge on any atom is 0.107 e. The fourth-order valence-corrected chi connectivity index (χ4v) is 3.08. The standard InChI is InChI=1S/C16H30N2S/c1-4-6-8-10-15(11-9-7-5-2)17-13-16-18-12-14(3)19-16/h12,15,17H,4-11,13H2,1-3H3. The zero-order valence-electron chi connectivity index (χ0n) is 12.9. The first kappa shape index (κ1) is 16.6. The summed E-state index contributed by atoms with van der Waals surface area (Å²) in [5.74, 6) is 0. The number of nitrogens with zero attached hydrogens (tertiary/aromatic N) is 1. The summed E-state index contributed by atoms with van der Waals surface area (Å²) in [5, 5.41) is 4.95. The second-order valence-corrected chi connectivity index (χ2v) is 6.75. The predicted molar refractivity (Wildman–Crippen MR) is 85.8 cm³/mol. The number of aryl methyl sites for hydroxylation is 1. The monoisotopic (exact) mass is 282 g/mol. The van der Waals surface area contributed by atoms with Gasteiger partial charge in [0.05, 0.1) is 0 Å². The number of hydrogen-bond acceptors (Lipinski definition) is 3. The Morgan fingerprint density at radius 3 is 2.21 bits per heavy atom. The average molecular weight is 282 g/mol. The molecule has 0 unspecified atom stereocenters. The SMILES string of the molecule is CCCCCC(CCCCC)NCc1ncc(C)s1. The number of nitrogens with one attached hydrogen (secondary N) is 1. The molecule has 0 bridgehead atoms. The molecule has 1 rings (SSSR count). The Morgan fingerprint density at radius 1 is 1.11 bits per heavy atom. The van der Waals surface area contributed by atoms with Crippen LogP contribution in [-0.4, -0.2) is 11.0 Å². The molecule has 0 amide bonds. The molecular weight excluding hydrogens is 252 g/mol. The van der Waals surface area contributed by atoms with Crippen molar-refractivity contribution >= 4 is 11.3 Å². The topological polar surface area (TPSA) is 24.9 Å². The van der Waals surface area contributed by atoms with Crippen LogP contribution in [0.2, 0.25) is 0 Å². The van der Waals surface area contributed by atoms with Crippen molar-refractivity contribution in [1.82, 2.24) is 10.3 Å². The molecule has 0 saturated heterocycles. The first-order valence-electron chi connectivity index (χ1n) is 7.91. The molecule has 1 heterocycles. The normalized spacial score (nSPS) is 11.4. The lowest BCUT2D eigenvalue weighted by atomic mass is 10.0. The summed E-state index contributed by atoms with van der Waals surface area (Å²) in [7, 11) is 0. The number of thiazole rings is 1. The van der Waals surface area contributed by atoms with Gasteiger partial charge in [-0.15, -0.1) is 11.3 Å². The van der Waals surface area contributed by atoms with Gasteiger partial charge in [0.1, 0.15) is 5.01 Å². The predicted octanol–water partition coefficient (Wildman–Crippen LogP) is 5.07. The molecule has 1 aromatic heterocycles. The molecule has 19 heavy (non-hydrogen) atoms. The van der Waals surface area contributed by atoms with Crippen LogP contribution in [0.5, 0.6) is 0 Å². The zero-order chi connectivity index (χ0) is 13.9. The number of aromatic nitrogens is 1. The van der Waals surface area contributed by atoms with E-state index in [-0.39, 0.29) is 0 Å². The van der Waals surface area contributed by atoms with E-state index in [2.05, 4.69) is 31.1 Å². The van der Waals surface area contributed by atoms with Gasteiger partial charge in [-0.2, -0.15) is 0 Å². The van der Waals surface area contributed by atoms with Gasteiger partial charge in [0.15, 0.2) is 0 Å². The molecule has 0 spiro atoms. The third-order valence-electron chi connectivity index (χ3n) is 3.52. The van der Waals surface area contributed by atoms with Gasteiger partial charge < -0.3 is 5.32 Å². The fraction of sp³-hybridized carbons (Fsp3) is 0.812. The second kappa shape index (κ2) is 10.4.